The van der Waals surface area contributed by atoms with Gasteiger partial charge in [0.1, 0.15) is 5.75 Å². The third-order valence-corrected chi connectivity index (χ3v) is 3.35. The number of hydrogen-bond acceptors (Lipinski definition) is 3. The Morgan fingerprint density at radius 2 is 1.57 bits per heavy atom. The maximum atomic E-state index is 5.73. The Kier molecular flexibility index (Phi) is 13.1. The van der Waals surface area contributed by atoms with Gasteiger partial charge < -0.3 is 14.5 Å². The van der Waals surface area contributed by atoms with E-state index in [4.69, 9.17) is 4.74 Å². The first-order valence-electron chi connectivity index (χ1n) is 7.02. The highest BCUT2D eigenvalue weighted by Gasteiger charge is 2.05. The van der Waals surface area contributed by atoms with Crippen molar-refractivity contribution in [2.45, 2.75) is 25.8 Å². The Bertz CT molecular complexity index is 356. The third-order valence-electron chi connectivity index (χ3n) is 3.35. The fraction of sp³-hybridized carbons (Fsp3) is 0.625. The molecule has 5 heteroatoms. The molecule has 0 bridgehead atoms. The second kappa shape index (κ2) is 12.1. The van der Waals surface area contributed by atoms with Crippen molar-refractivity contribution in [2.75, 3.05) is 41.3 Å². The maximum Gasteiger partial charge on any atom is 0.119 e. The molecule has 124 valence electrons. The van der Waals surface area contributed by atoms with Crippen molar-refractivity contribution in [1.29, 1.82) is 0 Å². The van der Waals surface area contributed by atoms with Crippen LogP contribution < -0.4 is 4.74 Å². The van der Waals surface area contributed by atoms with Crippen LogP contribution in [-0.2, 0) is 6.42 Å². The monoisotopic (exact) mass is 336 g/mol. The van der Waals surface area contributed by atoms with Gasteiger partial charge in [-0.05, 0) is 65.7 Å². The molecular weight excluding hydrogens is 307 g/mol. The summed E-state index contributed by atoms with van der Waals surface area (Å²) in [4.78, 5) is 4.42. The number of hydrogen-bond donors (Lipinski definition) is 0. The predicted octanol–water partition coefficient (Wildman–Crippen LogP) is 3.35. The average molecular weight is 337 g/mol. The summed E-state index contributed by atoms with van der Waals surface area (Å²) in [6, 6.07) is 9.05. The molecule has 3 nitrogen and oxygen atoms in total. The second-order valence-electron chi connectivity index (χ2n) is 5.67. The van der Waals surface area contributed by atoms with Gasteiger partial charge in [-0.15, -0.1) is 24.8 Å². The number of likely N-dealkylation sites (N-methyl/N-ethyl adjacent to an activating group) is 1. The molecule has 0 heterocycles. The van der Waals surface area contributed by atoms with Crippen LogP contribution in [0.25, 0.3) is 0 Å². The van der Waals surface area contributed by atoms with Gasteiger partial charge in [0.05, 0.1) is 6.61 Å². The van der Waals surface area contributed by atoms with Gasteiger partial charge in [-0.25, -0.2) is 0 Å². The minimum absolute atomic E-state index is 0. The standard InChI is InChI=1S/C16H28N2O.2ClH/c1-14(18(4)5)13-15-7-9-16(10-8-15)19-12-6-11-17(2)3;;/h7-10,14H,6,11-13H2,1-5H3;2*1H. The molecule has 0 aromatic heterocycles. The summed E-state index contributed by atoms with van der Waals surface area (Å²) in [7, 11) is 8.40. The molecule has 1 aromatic rings. The molecule has 0 amide bonds. The fourth-order valence-electron chi connectivity index (χ4n) is 1.82. The van der Waals surface area contributed by atoms with Gasteiger partial charge >= 0.3 is 0 Å². The minimum atomic E-state index is 0. The molecule has 1 atom stereocenters. The minimum Gasteiger partial charge on any atom is -0.494 e. The van der Waals surface area contributed by atoms with Crippen molar-refractivity contribution in [3.63, 3.8) is 0 Å². The summed E-state index contributed by atoms with van der Waals surface area (Å²) in [5.41, 5.74) is 1.36. The number of ether oxygens (including phenoxy) is 1. The molecule has 0 saturated heterocycles. The summed E-state index contributed by atoms with van der Waals surface area (Å²) < 4.78 is 5.73. The van der Waals surface area contributed by atoms with Crippen LogP contribution in [0.3, 0.4) is 0 Å². The van der Waals surface area contributed by atoms with E-state index >= 15 is 0 Å². The molecule has 0 aliphatic heterocycles. The lowest BCUT2D eigenvalue weighted by Crippen LogP contribution is -2.26. The smallest absolute Gasteiger partial charge is 0.119 e. The van der Waals surface area contributed by atoms with E-state index in [9.17, 15) is 0 Å². The van der Waals surface area contributed by atoms with Gasteiger partial charge in [0.2, 0.25) is 0 Å². The zero-order valence-corrected chi connectivity index (χ0v) is 15.5. The van der Waals surface area contributed by atoms with Crippen LogP contribution in [0, 0.1) is 0 Å². The van der Waals surface area contributed by atoms with E-state index in [0.29, 0.717) is 6.04 Å². The van der Waals surface area contributed by atoms with E-state index in [1.54, 1.807) is 0 Å². The molecule has 1 rings (SSSR count). The summed E-state index contributed by atoms with van der Waals surface area (Å²) >= 11 is 0. The van der Waals surface area contributed by atoms with Crippen LogP contribution in [0.1, 0.15) is 18.9 Å². The van der Waals surface area contributed by atoms with Crippen LogP contribution in [0.15, 0.2) is 24.3 Å². The van der Waals surface area contributed by atoms with Crippen molar-refractivity contribution in [3.8, 4) is 5.75 Å². The summed E-state index contributed by atoms with van der Waals surface area (Å²) in [5.74, 6) is 0.972. The van der Waals surface area contributed by atoms with E-state index in [0.717, 1.165) is 31.7 Å². The molecule has 0 fully saturated rings. The summed E-state index contributed by atoms with van der Waals surface area (Å²) in [6.45, 7) is 4.09. The van der Waals surface area contributed by atoms with Gasteiger partial charge in [-0.2, -0.15) is 0 Å². The average Bonchev–Trinajstić information content (AvgIpc) is 2.36. The van der Waals surface area contributed by atoms with E-state index in [2.05, 4.69) is 69.2 Å². The second-order valence-corrected chi connectivity index (χ2v) is 5.67. The van der Waals surface area contributed by atoms with Crippen LogP contribution in [0.4, 0.5) is 0 Å². The topological polar surface area (TPSA) is 15.7 Å². The van der Waals surface area contributed by atoms with E-state index < -0.39 is 0 Å². The highest BCUT2D eigenvalue weighted by atomic mass is 35.5. The number of nitrogens with zero attached hydrogens (tertiary/aromatic N) is 2. The fourth-order valence-corrected chi connectivity index (χ4v) is 1.82. The largest absolute Gasteiger partial charge is 0.494 e. The summed E-state index contributed by atoms with van der Waals surface area (Å²) in [5, 5.41) is 0. The van der Waals surface area contributed by atoms with Crippen molar-refractivity contribution in [1.82, 2.24) is 9.80 Å². The maximum absolute atomic E-state index is 5.73. The number of halogens is 2. The Hall–Kier alpha value is -0.480. The molecule has 0 saturated carbocycles. The first kappa shape index (κ1) is 22.8. The highest BCUT2D eigenvalue weighted by Crippen LogP contribution is 2.14. The van der Waals surface area contributed by atoms with Crippen molar-refractivity contribution in [3.05, 3.63) is 29.8 Å². The first-order valence-corrected chi connectivity index (χ1v) is 7.02. The molecule has 0 N–H and O–H groups in total. The van der Waals surface area contributed by atoms with Gasteiger partial charge in [0.25, 0.3) is 0 Å². The van der Waals surface area contributed by atoms with Gasteiger partial charge in [0.15, 0.2) is 0 Å². The normalized spacial score (nSPS) is 11.8. The van der Waals surface area contributed by atoms with Crippen molar-refractivity contribution >= 4 is 24.8 Å². The Labute approximate surface area is 142 Å². The molecule has 21 heavy (non-hydrogen) atoms. The predicted molar refractivity (Wildman–Crippen MR) is 96.5 cm³/mol. The van der Waals surface area contributed by atoms with Crippen LogP contribution in [0.5, 0.6) is 5.75 Å². The lowest BCUT2D eigenvalue weighted by atomic mass is 10.1. The summed E-state index contributed by atoms with van der Waals surface area (Å²) in [6.07, 6.45) is 2.14. The lowest BCUT2D eigenvalue weighted by Gasteiger charge is -2.19. The molecule has 1 unspecified atom stereocenters. The number of benzene rings is 1. The first-order chi connectivity index (χ1) is 8.99. The quantitative estimate of drug-likeness (QED) is 0.677. The van der Waals surface area contributed by atoms with Gasteiger partial charge in [-0.3, -0.25) is 0 Å². The third kappa shape index (κ3) is 9.97. The van der Waals surface area contributed by atoms with E-state index in [-0.39, 0.29) is 24.8 Å². The SMILES string of the molecule is CC(Cc1ccc(OCCCN(C)C)cc1)N(C)C.Cl.Cl. The molecular formula is C16H30Cl2N2O. The Balaban J connectivity index is 0. The van der Waals surface area contributed by atoms with Crippen LogP contribution >= 0.6 is 24.8 Å². The molecule has 0 spiro atoms. The Morgan fingerprint density at radius 3 is 2.05 bits per heavy atom. The van der Waals surface area contributed by atoms with Crippen LogP contribution in [0.2, 0.25) is 0 Å². The van der Waals surface area contributed by atoms with Gasteiger partial charge in [0, 0.05) is 12.6 Å². The molecule has 1 aromatic carbocycles. The molecule has 0 radical (unpaired) electrons. The zero-order chi connectivity index (χ0) is 14.3. The van der Waals surface area contributed by atoms with Gasteiger partial charge in [-0.1, -0.05) is 12.1 Å². The molecule has 0 aliphatic rings. The van der Waals surface area contributed by atoms with E-state index in [1.807, 2.05) is 0 Å². The lowest BCUT2D eigenvalue weighted by molar-refractivity contribution is 0.281. The number of rotatable bonds is 8. The van der Waals surface area contributed by atoms with Crippen molar-refractivity contribution in [2.24, 2.45) is 0 Å². The van der Waals surface area contributed by atoms with Crippen molar-refractivity contribution < 1.29 is 4.74 Å². The highest BCUT2D eigenvalue weighted by molar-refractivity contribution is 5.85. The van der Waals surface area contributed by atoms with E-state index in [1.165, 1.54) is 5.56 Å². The molecule has 0 aliphatic carbocycles. The Morgan fingerprint density at radius 1 is 1.00 bits per heavy atom. The zero-order valence-electron chi connectivity index (χ0n) is 13.8. The van der Waals surface area contributed by atoms with Crippen LogP contribution in [-0.4, -0.2) is 57.2 Å².